The lowest BCUT2D eigenvalue weighted by molar-refractivity contribution is 0.0943. The fraction of sp³-hybridized carbons (Fsp3) is 0.286. The molecule has 3 aromatic carbocycles. The highest BCUT2D eigenvalue weighted by Gasteiger charge is 2.22. The second-order valence-electron chi connectivity index (χ2n) is 8.56. The second kappa shape index (κ2) is 12.3. The third kappa shape index (κ3) is 6.38. The molecule has 0 bridgehead atoms. The van der Waals surface area contributed by atoms with Gasteiger partial charge in [-0.05, 0) is 67.3 Å². The third-order valence-corrected chi connectivity index (χ3v) is 6.65. The van der Waals surface area contributed by atoms with E-state index < -0.39 is 0 Å². The number of hydrogen-bond acceptors (Lipinski definition) is 4. The van der Waals surface area contributed by atoms with Crippen LogP contribution in [0.3, 0.4) is 0 Å². The molecule has 1 aliphatic heterocycles. The first-order chi connectivity index (χ1) is 17.5. The number of benzene rings is 3. The van der Waals surface area contributed by atoms with Crippen LogP contribution < -0.4 is 15.5 Å². The van der Waals surface area contributed by atoms with Crippen LogP contribution in [0.2, 0.25) is 10.0 Å². The van der Waals surface area contributed by atoms with Crippen molar-refractivity contribution in [2.45, 2.75) is 26.3 Å². The second-order valence-corrected chi connectivity index (χ2v) is 9.40. The zero-order chi connectivity index (χ0) is 25.5. The lowest BCUT2D eigenvalue weighted by atomic mass is 9.98. The van der Waals surface area contributed by atoms with Crippen molar-refractivity contribution in [1.29, 1.82) is 0 Å². The van der Waals surface area contributed by atoms with Gasteiger partial charge < -0.3 is 20.3 Å². The van der Waals surface area contributed by atoms with Crippen molar-refractivity contribution in [1.82, 2.24) is 5.32 Å². The van der Waals surface area contributed by atoms with Crippen LogP contribution >= 0.6 is 23.2 Å². The van der Waals surface area contributed by atoms with Crippen molar-refractivity contribution in [3.8, 4) is 0 Å². The van der Waals surface area contributed by atoms with E-state index in [4.69, 9.17) is 27.9 Å². The molecule has 0 atom stereocenters. The molecule has 0 fully saturated rings. The highest BCUT2D eigenvalue weighted by atomic mass is 35.5. The zero-order valence-corrected chi connectivity index (χ0v) is 21.7. The molecule has 0 aliphatic carbocycles. The number of carbonyl (C=O) groups excluding carboxylic acids is 2. The van der Waals surface area contributed by atoms with Gasteiger partial charge in [0, 0.05) is 49.2 Å². The molecule has 0 radical (unpaired) electrons. The fourth-order valence-corrected chi connectivity index (χ4v) is 4.75. The number of amides is 2. The molecule has 3 aromatic rings. The Hall–Kier alpha value is -3.06. The monoisotopic (exact) mass is 525 g/mol. The summed E-state index contributed by atoms with van der Waals surface area (Å²) < 4.78 is 5.37. The van der Waals surface area contributed by atoms with Gasteiger partial charge in [0.25, 0.3) is 11.8 Å². The summed E-state index contributed by atoms with van der Waals surface area (Å²) >= 11 is 12.2. The van der Waals surface area contributed by atoms with Crippen LogP contribution in [-0.2, 0) is 17.7 Å². The Morgan fingerprint density at radius 3 is 2.56 bits per heavy atom. The quantitative estimate of drug-likeness (QED) is 0.338. The third-order valence-electron chi connectivity index (χ3n) is 6.10. The molecule has 188 valence electrons. The smallest absolute Gasteiger partial charge is 0.257 e. The Kier molecular flexibility index (Phi) is 8.86. The van der Waals surface area contributed by atoms with E-state index in [9.17, 15) is 9.59 Å². The van der Waals surface area contributed by atoms with Gasteiger partial charge in [-0.15, -0.1) is 0 Å². The average molecular weight is 526 g/mol. The van der Waals surface area contributed by atoms with E-state index in [1.165, 1.54) is 17.2 Å². The highest BCUT2D eigenvalue weighted by molar-refractivity contribution is 6.37. The van der Waals surface area contributed by atoms with Gasteiger partial charge in [0.2, 0.25) is 0 Å². The molecule has 1 heterocycles. The van der Waals surface area contributed by atoms with Crippen molar-refractivity contribution < 1.29 is 14.3 Å². The van der Waals surface area contributed by atoms with Crippen LogP contribution in [0.25, 0.3) is 0 Å². The maximum Gasteiger partial charge on any atom is 0.257 e. The molecule has 2 amide bonds. The Balaban J connectivity index is 1.57. The lowest BCUT2D eigenvalue weighted by Gasteiger charge is -2.32. The molecule has 1 aliphatic rings. The lowest BCUT2D eigenvalue weighted by Crippen LogP contribution is -2.33. The van der Waals surface area contributed by atoms with E-state index in [-0.39, 0.29) is 16.8 Å². The Morgan fingerprint density at radius 2 is 1.78 bits per heavy atom. The molecule has 0 unspecified atom stereocenters. The predicted molar refractivity (Wildman–Crippen MR) is 145 cm³/mol. The fourth-order valence-electron chi connectivity index (χ4n) is 4.26. The molecular formula is C28H29Cl2N3O3. The number of nitrogens with zero attached hydrogens (tertiary/aromatic N) is 1. The van der Waals surface area contributed by atoms with Crippen molar-refractivity contribution in [3.63, 3.8) is 0 Å². The topological polar surface area (TPSA) is 70.7 Å². The Bertz CT molecular complexity index is 1250. The number of nitrogens with one attached hydrogen (secondary N) is 2. The van der Waals surface area contributed by atoms with E-state index in [1.54, 1.807) is 18.2 Å². The molecule has 8 heteroatoms. The number of hydrogen-bond donors (Lipinski definition) is 2. The summed E-state index contributed by atoms with van der Waals surface area (Å²) in [5, 5.41) is 6.56. The van der Waals surface area contributed by atoms with Crippen molar-refractivity contribution >= 4 is 46.4 Å². The highest BCUT2D eigenvalue weighted by Crippen LogP contribution is 2.30. The first-order valence-electron chi connectivity index (χ1n) is 12.0. The minimum atomic E-state index is -0.376. The Labute approximate surface area is 221 Å². The van der Waals surface area contributed by atoms with E-state index >= 15 is 0 Å². The molecule has 0 spiro atoms. The van der Waals surface area contributed by atoms with Crippen LogP contribution in [0.5, 0.6) is 0 Å². The number of fused-ring (bicyclic) bond motifs is 1. The van der Waals surface area contributed by atoms with Gasteiger partial charge in [-0.2, -0.15) is 0 Å². The summed E-state index contributed by atoms with van der Waals surface area (Å²) in [5.41, 5.74) is 4.73. The van der Waals surface area contributed by atoms with Crippen LogP contribution in [0.1, 0.15) is 45.2 Å². The summed E-state index contributed by atoms with van der Waals surface area (Å²) in [6.45, 7) is 5.19. The summed E-state index contributed by atoms with van der Waals surface area (Å²) in [4.78, 5) is 28.3. The zero-order valence-electron chi connectivity index (χ0n) is 20.2. The molecular weight excluding hydrogens is 497 g/mol. The number of rotatable bonds is 9. The number of carbonyl (C=O) groups is 2. The summed E-state index contributed by atoms with van der Waals surface area (Å²) in [6.07, 6.45) is 1.62. The summed E-state index contributed by atoms with van der Waals surface area (Å²) in [5.74, 6) is -0.569. The number of halogens is 2. The normalized spacial score (nSPS) is 12.7. The molecule has 0 saturated heterocycles. The van der Waals surface area contributed by atoms with Gasteiger partial charge >= 0.3 is 0 Å². The minimum absolute atomic E-state index is 0.194. The van der Waals surface area contributed by atoms with Crippen LogP contribution in [-0.4, -0.2) is 38.1 Å². The molecule has 2 N–H and O–H groups in total. The number of ether oxygens (including phenoxy) is 1. The van der Waals surface area contributed by atoms with E-state index in [0.29, 0.717) is 48.1 Å². The Morgan fingerprint density at radius 1 is 0.972 bits per heavy atom. The SMILES string of the molecule is CCOCCCNC(=O)c1cc(NC(=O)c2ccc(Cl)cc2Cl)ccc1N1CCc2ccccc2C1. The molecule has 6 nitrogen and oxygen atoms in total. The average Bonchev–Trinajstić information content (AvgIpc) is 2.88. The maximum atomic E-state index is 13.3. The van der Waals surface area contributed by atoms with Gasteiger partial charge in [-0.3, -0.25) is 9.59 Å². The number of anilines is 2. The summed E-state index contributed by atoms with van der Waals surface area (Å²) in [6, 6.07) is 18.5. The van der Waals surface area contributed by atoms with Gasteiger partial charge in [-0.25, -0.2) is 0 Å². The standard InChI is InChI=1S/C28H29Cl2N3O3/c1-2-36-15-5-13-31-27(34)24-17-22(32-28(35)23-10-8-21(29)16-25(23)30)9-11-26(24)33-14-12-19-6-3-4-7-20(19)18-33/h3-4,6-11,16-17H,2,5,12-15,18H2,1H3,(H,31,34)(H,32,35). The van der Waals surface area contributed by atoms with Crippen LogP contribution in [0.4, 0.5) is 11.4 Å². The van der Waals surface area contributed by atoms with Crippen molar-refractivity contribution in [3.05, 3.63) is 93.0 Å². The van der Waals surface area contributed by atoms with Crippen LogP contribution in [0.15, 0.2) is 60.7 Å². The molecule has 0 saturated carbocycles. The molecule has 4 rings (SSSR count). The largest absolute Gasteiger partial charge is 0.382 e. The molecule has 0 aromatic heterocycles. The van der Waals surface area contributed by atoms with E-state index in [2.05, 4.69) is 33.7 Å². The predicted octanol–water partition coefficient (Wildman–Crippen LogP) is 5.96. The van der Waals surface area contributed by atoms with Crippen LogP contribution in [0, 0.1) is 0 Å². The molecule has 36 heavy (non-hydrogen) atoms. The maximum absolute atomic E-state index is 13.3. The van der Waals surface area contributed by atoms with E-state index in [0.717, 1.165) is 25.1 Å². The minimum Gasteiger partial charge on any atom is -0.382 e. The first kappa shape index (κ1) is 26.0. The summed E-state index contributed by atoms with van der Waals surface area (Å²) in [7, 11) is 0. The van der Waals surface area contributed by atoms with Gasteiger partial charge in [-0.1, -0.05) is 47.5 Å². The van der Waals surface area contributed by atoms with Gasteiger partial charge in [0.15, 0.2) is 0 Å². The first-order valence-corrected chi connectivity index (χ1v) is 12.8. The van der Waals surface area contributed by atoms with Crippen molar-refractivity contribution in [2.75, 3.05) is 36.5 Å². The van der Waals surface area contributed by atoms with Crippen molar-refractivity contribution in [2.24, 2.45) is 0 Å². The van der Waals surface area contributed by atoms with E-state index in [1.807, 2.05) is 25.1 Å². The van der Waals surface area contributed by atoms with Gasteiger partial charge in [0.05, 0.1) is 16.1 Å². The van der Waals surface area contributed by atoms with Gasteiger partial charge in [0.1, 0.15) is 0 Å².